The molecule has 0 amide bonds. The van der Waals surface area contributed by atoms with Gasteiger partial charge in [-0.05, 0) is 25.6 Å². The highest BCUT2D eigenvalue weighted by Gasteiger charge is 2.14. The molecule has 1 aromatic rings. The third kappa shape index (κ3) is 3.67. The Hall–Kier alpha value is -1.67. The molecule has 7 nitrogen and oxygen atoms in total. The lowest BCUT2D eigenvalue weighted by molar-refractivity contribution is 0.0697. The monoisotopic (exact) mass is 273 g/mol. The summed E-state index contributed by atoms with van der Waals surface area (Å²) in [4.78, 5) is 14.9. The highest BCUT2D eigenvalue weighted by atomic mass is 32.2. The minimum Gasteiger partial charge on any atom is -0.478 e. The summed E-state index contributed by atoms with van der Waals surface area (Å²) in [5, 5.41) is 11.8. The van der Waals surface area contributed by atoms with Crippen molar-refractivity contribution in [2.75, 3.05) is 24.7 Å². The first-order valence-electron chi connectivity index (χ1n) is 5.21. The number of nitrogens with zero attached hydrogens (tertiary/aromatic N) is 1. The number of aryl methyl sites for hydroxylation is 1. The summed E-state index contributed by atoms with van der Waals surface area (Å²) in [5.41, 5.74) is 0.621. The summed E-state index contributed by atoms with van der Waals surface area (Å²) in [6.45, 7) is 1.74. The number of hydrogen-bond donors (Lipinski definition) is 3. The van der Waals surface area contributed by atoms with E-state index in [0.29, 0.717) is 5.56 Å². The standard InChI is InChI=1S/C10H15N3O4S/c1-7-3-4-12-9(8(7)10(14)15)13-5-6-18(16,17)11-2/h3-4,11H,5-6H2,1-2H3,(H,12,13)(H,14,15). The van der Waals surface area contributed by atoms with E-state index in [-0.39, 0.29) is 23.7 Å². The van der Waals surface area contributed by atoms with Crippen LogP contribution in [0.5, 0.6) is 0 Å². The van der Waals surface area contributed by atoms with E-state index in [0.717, 1.165) is 0 Å². The first kappa shape index (κ1) is 14.4. The molecule has 0 spiro atoms. The molecule has 3 N–H and O–H groups in total. The largest absolute Gasteiger partial charge is 0.478 e. The van der Waals surface area contributed by atoms with Crippen LogP contribution in [0.1, 0.15) is 15.9 Å². The van der Waals surface area contributed by atoms with Crippen LogP contribution >= 0.6 is 0 Å². The number of hydrogen-bond acceptors (Lipinski definition) is 5. The SMILES string of the molecule is CNS(=O)(=O)CCNc1nccc(C)c1C(=O)O. The quantitative estimate of drug-likeness (QED) is 0.676. The van der Waals surface area contributed by atoms with Gasteiger partial charge in [0.1, 0.15) is 11.4 Å². The molecule has 0 bridgehead atoms. The third-order valence-corrected chi connectivity index (χ3v) is 3.71. The fourth-order valence-electron chi connectivity index (χ4n) is 1.37. The first-order chi connectivity index (χ1) is 8.37. The van der Waals surface area contributed by atoms with Gasteiger partial charge in [-0.15, -0.1) is 0 Å². The molecule has 0 saturated heterocycles. The van der Waals surface area contributed by atoms with Crippen LogP contribution in [0.4, 0.5) is 5.82 Å². The van der Waals surface area contributed by atoms with E-state index < -0.39 is 16.0 Å². The molecule has 0 atom stereocenters. The van der Waals surface area contributed by atoms with Gasteiger partial charge in [0.2, 0.25) is 10.0 Å². The fourth-order valence-corrected chi connectivity index (χ4v) is 1.94. The zero-order valence-electron chi connectivity index (χ0n) is 10.1. The van der Waals surface area contributed by atoms with Crippen LogP contribution in [0.2, 0.25) is 0 Å². The minimum absolute atomic E-state index is 0.0550. The van der Waals surface area contributed by atoms with Gasteiger partial charge in [0, 0.05) is 12.7 Å². The molecule has 0 aromatic carbocycles. The van der Waals surface area contributed by atoms with Gasteiger partial charge in [0.05, 0.1) is 5.75 Å². The summed E-state index contributed by atoms with van der Waals surface area (Å²) in [6, 6.07) is 1.58. The second-order valence-electron chi connectivity index (χ2n) is 3.61. The van der Waals surface area contributed by atoms with Crippen molar-refractivity contribution in [3.05, 3.63) is 23.4 Å². The van der Waals surface area contributed by atoms with Crippen molar-refractivity contribution < 1.29 is 18.3 Å². The molecule has 0 radical (unpaired) electrons. The zero-order valence-corrected chi connectivity index (χ0v) is 10.9. The Kier molecular flexibility index (Phi) is 4.62. The van der Waals surface area contributed by atoms with Gasteiger partial charge in [-0.1, -0.05) is 0 Å². The third-order valence-electron chi connectivity index (χ3n) is 2.35. The average Bonchev–Trinajstić information content (AvgIpc) is 2.28. The molecule has 0 aliphatic heterocycles. The summed E-state index contributed by atoms with van der Waals surface area (Å²) in [7, 11) is -2.00. The number of pyridine rings is 1. The Labute approximate surface area is 105 Å². The molecule has 1 rings (SSSR count). The van der Waals surface area contributed by atoms with Crippen LogP contribution in [0, 0.1) is 6.92 Å². The van der Waals surface area contributed by atoms with Crippen molar-refractivity contribution in [2.45, 2.75) is 6.92 Å². The molecule has 0 aliphatic carbocycles. The van der Waals surface area contributed by atoms with E-state index in [4.69, 9.17) is 5.11 Å². The van der Waals surface area contributed by atoms with Gasteiger partial charge in [-0.25, -0.2) is 22.9 Å². The second kappa shape index (κ2) is 5.78. The van der Waals surface area contributed by atoms with Crippen LogP contribution in [-0.4, -0.2) is 43.8 Å². The van der Waals surface area contributed by atoms with Gasteiger partial charge >= 0.3 is 5.97 Å². The Morgan fingerprint density at radius 3 is 2.72 bits per heavy atom. The molecule has 0 unspecified atom stereocenters. The lowest BCUT2D eigenvalue weighted by Crippen LogP contribution is -2.26. The normalized spacial score (nSPS) is 11.2. The molecule has 18 heavy (non-hydrogen) atoms. The van der Waals surface area contributed by atoms with Crippen LogP contribution in [0.15, 0.2) is 12.3 Å². The van der Waals surface area contributed by atoms with Crippen molar-refractivity contribution >= 4 is 21.8 Å². The number of rotatable bonds is 6. The summed E-state index contributed by atoms with van der Waals surface area (Å²) in [6.07, 6.45) is 1.47. The summed E-state index contributed by atoms with van der Waals surface area (Å²) < 4.78 is 24.5. The highest BCUT2D eigenvalue weighted by Crippen LogP contribution is 2.16. The molecule has 0 fully saturated rings. The molecule has 1 heterocycles. The molecular formula is C10H15N3O4S. The van der Waals surface area contributed by atoms with Crippen LogP contribution in [-0.2, 0) is 10.0 Å². The maximum Gasteiger partial charge on any atom is 0.339 e. The van der Waals surface area contributed by atoms with Crippen LogP contribution < -0.4 is 10.0 Å². The number of carbonyl (C=O) groups is 1. The van der Waals surface area contributed by atoms with Crippen molar-refractivity contribution in [1.29, 1.82) is 0 Å². The molecule has 0 saturated carbocycles. The maximum absolute atomic E-state index is 11.2. The number of carboxylic acid groups (broad SMARTS) is 1. The number of sulfonamides is 1. The second-order valence-corrected chi connectivity index (χ2v) is 5.65. The van der Waals surface area contributed by atoms with Crippen molar-refractivity contribution in [2.24, 2.45) is 0 Å². The van der Waals surface area contributed by atoms with Gasteiger partial charge in [0.15, 0.2) is 0 Å². The predicted molar refractivity (Wildman–Crippen MR) is 67.3 cm³/mol. The lowest BCUT2D eigenvalue weighted by Gasteiger charge is -2.10. The van der Waals surface area contributed by atoms with E-state index in [1.54, 1.807) is 13.0 Å². The van der Waals surface area contributed by atoms with Crippen molar-refractivity contribution in [1.82, 2.24) is 9.71 Å². The topological polar surface area (TPSA) is 108 Å². The molecule has 1 aromatic heterocycles. The van der Waals surface area contributed by atoms with Gasteiger partial charge < -0.3 is 10.4 Å². The number of anilines is 1. The van der Waals surface area contributed by atoms with E-state index in [9.17, 15) is 13.2 Å². The summed E-state index contributed by atoms with van der Waals surface area (Å²) in [5.74, 6) is -1.08. The minimum atomic E-state index is -3.32. The Bertz CT molecular complexity index is 542. The smallest absolute Gasteiger partial charge is 0.339 e. The van der Waals surface area contributed by atoms with E-state index in [1.165, 1.54) is 13.2 Å². The number of nitrogens with one attached hydrogen (secondary N) is 2. The Morgan fingerprint density at radius 2 is 2.17 bits per heavy atom. The van der Waals surface area contributed by atoms with Crippen molar-refractivity contribution in [3.63, 3.8) is 0 Å². The molecule has 0 aliphatic rings. The Balaban J connectivity index is 2.80. The average molecular weight is 273 g/mol. The van der Waals surface area contributed by atoms with Gasteiger partial charge in [-0.2, -0.15) is 0 Å². The molecule has 8 heteroatoms. The predicted octanol–water partition coefficient (Wildman–Crippen LogP) is 0.0493. The number of aromatic nitrogens is 1. The first-order valence-corrected chi connectivity index (χ1v) is 6.86. The van der Waals surface area contributed by atoms with E-state index >= 15 is 0 Å². The zero-order chi connectivity index (χ0) is 13.8. The number of carboxylic acids is 1. The van der Waals surface area contributed by atoms with Gasteiger partial charge in [-0.3, -0.25) is 0 Å². The highest BCUT2D eigenvalue weighted by molar-refractivity contribution is 7.89. The Morgan fingerprint density at radius 1 is 1.50 bits per heavy atom. The van der Waals surface area contributed by atoms with E-state index in [2.05, 4.69) is 15.0 Å². The molecular weight excluding hydrogens is 258 g/mol. The van der Waals surface area contributed by atoms with Crippen LogP contribution in [0.25, 0.3) is 0 Å². The maximum atomic E-state index is 11.2. The number of aromatic carboxylic acids is 1. The van der Waals surface area contributed by atoms with Crippen LogP contribution in [0.3, 0.4) is 0 Å². The van der Waals surface area contributed by atoms with E-state index in [1.807, 2.05) is 0 Å². The lowest BCUT2D eigenvalue weighted by atomic mass is 10.1. The fraction of sp³-hybridized carbons (Fsp3) is 0.400. The van der Waals surface area contributed by atoms with Crippen molar-refractivity contribution in [3.8, 4) is 0 Å². The molecule has 100 valence electrons. The van der Waals surface area contributed by atoms with Gasteiger partial charge in [0.25, 0.3) is 0 Å². The summed E-state index contributed by atoms with van der Waals surface area (Å²) >= 11 is 0.